The van der Waals surface area contributed by atoms with E-state index in [4.69, 9.17) is 0 Å². The second-order valence-corrected chi connectivity index (χ2v) is 6.07. The summed E-state index contributed by atoms with van der Waals surface area (Å²) in [5, 5.41) is 14.7. The van der Waals surface area contributed by atoms with Crippen molar-refractivity contribution < 1.29 is 14.7 Å². The van der Waals surface area contributed by atoms with Gasteiger partial charge in [0.15, 0.2) is 0 Å². The Hall–Kier alpha value is -0.910. The number of carboxylic acid groups (broad SMARTS) is 1. The van der Waals surface area contributed by atoms with Gasteiger partial charge in [0, 0.05) is 11.8 Å². The maximum Gasteiger partial charge on any atom is 0.329 e. The predicted molar refractivity (Wildman–Crippen MR) is 73.0 cm³/mol. The Balaban J connectivity index is 2.45. The lowest BCUT2D eigenvalue weighted by atomic mass is 9.98. The molecule has 1 aliphatic rings. The molecule has 1 saturated carbocycles. The second kappa shape index (κ2) is 6.87. The van der Waals surface area contributed by atoms with Gasteiger partial charge in [-0.15, -0.1) is 0 Å². The van der Waals surface area contributed by atoms with Gasteiger partial charge in [-0.1, -0.05) is 19.8 Å². The zero-order valence-electron chi connectivity index (χ0n) is 11.0. The summed E-state index contributed by atoms with van der Waals surface area (Å²) in [6.07, 6.45) is 2.75. The molecule has 1 unspecified atom stereocenters. The highest BCUT2D eigenvalue weighted by Gasteiger charge is 2.42. The monoisotopic (exact) mass is 274 g/mol. The summed E-state index contributed by atoms with van der Waals surface area (Å²) in [7, 11) is 0. The van der Waals surface area contributed by atoms with Gasteiger partial charge in [-0.3, -0.25) is 0 Å². The van der Waals surface area contributed by atoms with Gasteiger partial charge in [-0.2, -0.15) is 11.8 Å². The van der Waals surface area contributed by atoms with Crippen LogP contribution in [-0.2, 0) is 4.79 Å². The molecule has 0 aromatic rings. The third-order valence-electron chi connectivity index (χ3n) is 3.17. The smallest absolute Gasteiger partial charge is 0.329 e. The Morgan fingerprint density at radius 2 is 2.00 bits per heavy atom. The van der Waals surface area contributed by atoms with Crippen LogP contribution in [0.15, 0.2) is 0 Å². The minimum Gasteiger partial charge on any atom is -0.480 e. The highest BCUT2D eigenvalue weighted by molar-refractivity contribution is 7.99. The van der Waals surface area contributed by atoms with Gasteiger partial charge in [-0.05, 0) is 25.5 Å². The SMILES string of the molecule is CCSCC(C)NC(=O)NC1(C(=O)O)CCCC1. The molecule has 1 rings (SSSR count). The van der Waals surface area contributed by atoms with E-state index in [0.717, 1.165) is 24.3 Å². The van der Waals surface area contributed by atoms with Crippen LogP contribution < -0.4 is 10.6 Å². The lowest BCUT2D eigenvalue weighted by molar-refractivity contribution is -0.144. The zero-order valence-corrected chi connectivity index (χ0v) is 11.8. The Labute approximate surface area is 112 Å². The summed E-state index contributed by atoms with van der Waals surface area (Å²) in [5.74, 6) is 0.919. The first-order valence-electron chi connectivity index (χ1n) is 6.40. The number of rotatable bonds is 6. The lowest BCUT2D eigenvalue weighted by Crippen LogP contribution is -2.56. The van der Waals surface area contributed by atoms with Crippen molar-refractivity contribution in [3.05, 3.63) is 0 Å². The van der Waals surface area contributed by atoms with Crippen molar-refractivity contribution in [2.75, 3.05) is 11.5 Å². The number of hydrogen-bond donors (Lipinski definition) is 3. The van der Waals surface area contributed by atoms with Gasteiger partial charge in [-0.25, -0.2) is 9.59 Å². The van der Waals surface area contributed by atoms with E-state index in [9.17, 15) is 14.7 Å². The number of amides is 2. The van der Waals surface area contributed by atoms with Crippen molar-refractivity contribution in [1.29, 1.82) is 0 Å². The number of urea groups is 1. The minimum absolute atomic E-state index is 0.0437. The quantitative estimate of drug-likeness (QED) is 0.690. The van der Waals surface area contributed by atoms with E-state index in [1.807, 2.05) is 6.92 Å². The molecule has 1 aliphatic carbocycles. The van der Waals surface area contributed by atoms with Crippen molar-refractivity contribution in [2.24, 2.45) is 0 Å². The molecule has 104 valence electrons. The van der Waals surface area contributed by atoms with E-state index < -0.39 is 11.5 Å². The third kappa shape index (κ3) is 4.08. The van der Waals surface area contributed by atoms with Gasteiger partial charge in [0.2, 0.25) is 0 Å². The van der Waals surface area contributed by atoms with Crippen LogP contribution >= 0.6 is 11.8 Å². The summed E-state index contributed by atoms with van der Waals surface area (Å²) in [4.78, 5) is 23.1. The molecule has 0 heterocycles. The highest BCUT2D eigenvalue weighted by atomic mass is 32.2. The van der Waals surface area contributed by atoms with Crippen LogP contribution in [0.3, 0.4) is 0 Å². The minimum atomic E-state index is -1.05. The summed E-state index contributed by atoms with van der Waals surface area (Å²) in [6.45, 7) is 3.99. The number of thioether (sulfide) groups is 1. The molecule has 0 spiro atoms. The Kier molecular flexibility index (Phi) is 5.78. The number of hydrogen-bond acceptors (Lipinski definition) is 3. The predicted octanol–water partition coefficient (Wildman–Crippen LogP) is 1.82. The molecule has 0 aromatic heterocycles. The molecule has 0 bridgehead atoms. The Morgan fingerprint density at radius 3 is 2.50 bits per heavy atom. The molecule has 0 aromatic carbocycles. The summed E-state index contributed by atoms with van der Waals surface area (Å²) in [6, 6.07) is -0.328. The van der Waals surface area contributed by atoms with Gasteiger partial charge in [0.25, 0.3) is 0 Å². The van der Waals surface area contributed by atoms with Crippen molar-refractivity contribution in [3.8, 4) is 0 Å². The fourth-order valence-corrected chi connectivity index (χ4v) is 2.86. The molecule has 2 amide bonds. The number of carboxylic acids is 1. The zero-order chi connectivity index (χ0) is 13.6. The fourth-order valence-electron chi connectivity index (χ4n) is 2.18. The van der Waals surface area contributed by atoms with Crippen LogP contribution in [0.4, 0.5) is 4.79 Å². The van der Waals surface area contributed by atoms with Crippen LogP contribution in [0.5, 0.6) is 0 Å². The highest BCUT2D eigenvalue weighted by Crippen LogP contribution is 2.29. The van der Waals surface area contributed by atoms with E-state index in [1.54, 1.807) is 11.8 Å². The molecule has 6 heteroatoms. The van der Waals surface area contributed by atoms with E-state index in [1.165, 1.54) is 0 Å². The van der Waals surface area contributed by atoms with Crippen molar-refractivity contribution in [2.45, 2.75) is 51.1 Å². The maximum absolute atomic E-state index is 11.8. The summed E-state index contributed by atoms with van der Waals surface area (Å²) >= 11 is 1.75. The summed E-state index contributed by atoms with van der Waals surface area (Å²) < 4.78 is 0. The molecular formula is C12H22N2O3S. The maximum atomic E-state index is 11.8. The van der Waals surface area contributed by atoms with Crippen molar-refractivity contribution >= 4 is 23.8 Å². The fraction of sp³-hybridized carbons (Fsp3) is 0.833. The van der Waals surface area contributed by atoms with Gasteiger partial charge in [0.1, 0.15) is 5.54 Å². The molecule has 18 heavy (non-hydrogen) atoms. The van der Waals surface area contributed by atoms with Crippen LogP contribution in [0, 0.1) is 0 Å². The molecule has 0 saturated heterocycles. The van der Waals surface area contributed by atoms with E-state index in [0.29, 0.717) is 12.8 Å². The second-order valence-electron chi connectivity index (χ2n) is 4.75. The Bertz CT molecular complexity index is 304. The normalized spacial score (nSPS) is 19.2. The van der Waals surface area contributed by atoms with E-state index >= 15 is 0 Å². The largest absolute Gasteiger partial charge is 0.480 e. The Morgan fingerprint density at radius 1 is 1.39 bits per heavy atom. The first-order chi connectivity index (χ1) is 8.50. The van der Waals surface area contributed by atoms with Crippen molar-refractivity contribution in [1.82, 2.24) is 10.6 Å². The number of carbonyl (C=O) groups is 2. The number of carbonyl (C=O) groups excluding carboxylic acids is 1. The third-order valence-corrected chi connectivity index (χ3v) is 4.31. The number of nitrogens with one attached hydrogen (secondary N) is 2. The topological polar surface area (TPSA) is 78.4 Å². The van der Waals surface area contributed by atoms with Crippen LogP contribution in [0.1, 0.15) is 39.5 Å². The molecular weight excluding hydrogens is 252 g/mol. The van der Waals surface area contributed by atoms with E-state index in [-0.39, 0.29) is 12.1 Å². The molecule has 1 atom stereocenters. The average Bonchev–Trinajstić information content (AvgIpc) is 2.75. The molecule has 0 radical (unpaired) electrons. The first kappa shape index (κ1) is 15.1. The van der Waals surface area contributed by atoms with Gasteiger partial charge >= 0.3 is 12.0 Å². The number of aliphatic carboxylic acids is 1. The van der Waals surface area contributed by atoms with Crippen molar-refractivity contribution in [3.63, 3.8) is 0 Å². The molecule has 3 N–H and O–H groups in total. The van der Waals surface area contributed by atoms with E-state index in [2.05, 4.69) is 17.6 Å². The molecule has 0 aliphatic heterocycles. The molecule has 1 fully saturated rings. The standard InChI is InChI=1S/C12H22N2O3S/c1-3-18-8-9(2)13-11(17)14-12(10(15)16)6-4-5-7-12/h9H,3-8H2,1-2H3,(H,15,16)(H2,13,14,17). The van der Waals surface area contributed by atoms with Gasteiger partial charge in [0.05, 0.1) is 0 Å². The van der Waals surface area contributed by atoms with Gasteiger partial charge < -0.3 is 15.7 Å². The average molecular weight is 274 g/mol. The lowest BCUT2D eigenvalue weighted by Gasteiger charge is -2.26. The first-order valence-corrected chi connectivity index (χ1v) is 7.55. The molecule has 5 nitrogen and oxygen atoms in total. The van der Waals surface area contributed by atoms with Crippen LogP contribution in [0.25, 0.3) is 0 Å². The van der Waals surface area contributed by atoms with Crippen LogP contribution in [-0.4, -0.2) is 40.2 Å². The summed E-state index contributed by atoms with van der Waals surface area (Å²) in [5.41, 5.74) is -1.05. The van der Waals surface area contributed by atoms with Crippen LogP contribution in [0.2, 0.25) is 0 Å².